The smallest absolute Gasteiger partial charge is 0.256 e. The summed E-state index contributed by atoms with van der Waals surface area (Å²) in [6.45, 7) is 0.169. The maximum absolute atomic E-state index is 13.9. The van der Waals surface area contributed by atoms with Gasteiger partial charge in [0.2, 0.25) is 6.79 Å². The van der Waals surface area contributed by atoms with E-state index in [2.05, 4.69) is 37.9 Å². The number of halogens is 1. The summed E-state index contributed by atoms with van der Waals surface area (Å²) in [5.74, 6) is 2.00. The monoisotopic (exact) mass is 561 g/mol. The fourth-order valence-electron chi connectivity index (χ4n) is 5.49. The van der Waals surface area contributed by atoms with E-state index in [9.17, 15) is 4.79 Å². The highest BCUT2D eigenvalue weighted by Crippen LogP contribution is 2.46. The Bertz CT molecular complexity index is 1570. The topological polar surface area (TPSA) is 67.0 Å². The molecule has 9 heteroatoms. The van der Waals surface area contributed by atoms with Gasteiger partial charge in [0.05, 0.1) is 18.8 Å². The number of hydrogen-bond acceptors (Lipinski definition) is 5. The molecule has 0 saturated carbocycles. The Morgan fingerprint density at radius 2 is 1.86 bits per heavy atom. The van der Waals surface area contributed by atoms with Gasteiger partial charge in [0.25, 0.3) is 5.91 Å². The van der Waals surface area contributed by atoms with Crippen molar-refractivity contribution in [1.29, 1.82) is 0 Å². The number of amides is 1. The van der Waals surface area contributed by atoms with E-state index in [1.54, 1.807) is 12.0 Å². The zero-order valence-corrected chi connectivity index (χ0v) is 21.6. The Morgan fingerprint density at radius 1 is 1.06 bits per heavy atom. The van der Waals surface area contributed by atoms with Crippen LogP contribution >= 0.6 is 28.1 Å². The van der Waals surface area contributed by atoms with Crippen LogP contribution < -0.4 is 19.1 Å². The number of nitrogens with one attached hydrogen (secondary N) is 1. The Kier molecular flexibility index (Phi) is 4.81. The van der Waals surface area contributed by atoms with Gasteiger partial charge in [-0.1, -0.05) is 28.1 Å². The number of carbonyl (C=O) groups excluding carboxylic acids is 1. The molecule has 3 aromatic carbocycles. The third-order valence-electron chi connectivity index (χ3n) is 7.15. The number of rotatable bonds is 3. The zero-order chi connectivity index (χ0) is 24.6. The van der Waals surface area contributed by atoms with Crippen LogP contribution in [0.15, 0.2) is 65.1 Å². The van der Waals surface area contributed by atoms with E-state index in [4.69, 9.17) is 26.4 Å². The SMILES string of the molecule is COc1ccc(C2c3[nH]c4ccc(Br)cc4c3CC3C(=O)N(c4ccc5c(c4)OCO5)C(=S)N32)cc1. The molecule has 1 saturated heterocycles. The highest BCUT2D eigenvalue weighted by Gasteiger charge is 2.51. The van der Waals surface area contributed by atoms with Crippen LogP contribution in [0.3, 0.4) is 0 Å². The van der Waals surface area contributed by atoms with Gasteiger partial charge in [-0.15, -0.1) is 0 Å². The van der Waals surface area contributed by atoms with E-state index < -0.39 is 6.04 Å². The number of thiocarbonyl (C=S) groups is 1. The summed E-state index contributed by atoms with van der Waals surface area (Å²) in [5, 5.41) is 1.58. The summed E-state index contributed by atoms with van der Waals surface area (Å²) in [7, 11) is 1.65. The first-order valence-corrected chi connectivity index (χ1v) is 12.7. The molecular weight excluding hydrogens is 542 g/mol. The minimum Gasteiger partial charge on any atom is -0.497 e. The van der Waals surface area contributed by atoms with Gasteiger partial charge in [-0.2, -0.15) is 0 Å². The highest BCUT2D eigenvalue weighted by molar-refractivity contribution is 9.10. The van der Waals surface area contributed by atoms with Gasteiger partial charge in [0.15, 0.2) is 16.6 Å². The lowest BCUT2D eigenvalue weighted by atomic mass is 9.89. The van der Waals surface area contributed by atoms with Crippen molar-refractivity contribution in [3.8, 4) is 17.2 Å². The molecule has 3 aliphatic heterocycles. The maximum atomic E-state index is 13.9. The average molecular weight is 562 g/mol. The van der Waals surface area contributed by atoms with Gasteiger partial charge in [-0.25, -0.2) is 0 Å². The fraction of sp³-hybridized carbons (Fsp3) is 0.185. The van der Waals surface area contributed by atoms with Crippen LogP contribution in [0.2, 0.25) is 0 Å². The Morgan fingerprint density at radius 3 is 2.67 bits per heavy atom. The Labute approximate surface area is 220 Å². The first-order valence-electron chi connectivity index (χ1n) is 11.5. The number of aromatic amines is 1. The molecule has 36 heavy (non-hydrogen) atoms. The second-order valence-corrected chi connectivity index (χ2v) is 10.3. The first-order chi connectivity index (χ1) is 17.5. The highest BCUT2D eigenvalue weighted by atomic mass is 79.9. The third-order valence-corrected chi connectivity index (χ3v) is 8.04. The second kappa shape index (κ2) is 7.97. The molecule has 0 radical (unpaired) electrons. The number of methoxy groups -OCH3 is 1. The van der Waals surface area contributed by atoms with Crippen LogP contribution in [0.25, 0.3) is 10.9 Å². The summed E-state index contributed by atoms with van der Waals surface area (Å²) in [4.78, 5) is 21.3. The molecule has 7 rings (SSSR count). The van der Waals surface area contributed by atoms with Gasteiger partial charge in [0, 0.05) is 33.6 Å². The molecule has 4 heterocycles. The number of aromatic nitrogens is 1. The molecule has 180 valence electrons. The van der Waals surface area contributed by atoms with E-state index >= 15 is 0 Å². The van der Waals surface area contributed by atoms with E-state index in [1.165, 1.54) is 0 Å². The van der Waals surface area contributed by atoms with Crippen LogP contribution in [0.1, 0.15) is 22.9 Å². The van der Waals surface area contributed by atoms with Gasteiger partial charge >= 0.3 is 0 Å². The fourth-order valence-corrected chi connectivity index (χ4v) is 6.28. The predicted octanol–water partition coefficient (Wildman–Crippen LogP) is 5.32. The molecule has 2 unspecified atom stereocenters. The number of ether oxygens (including phenoxy) is 3. The van der Waals surface area contributed by atoms with Crippen LogP contribution in [0, 0.1) is 0 Å². The van der Waals surface area contributed by atoms with Gasteiger partial charge in [0.1, 0.15) is 11.8 Å². The van der Waals surface area contributed by atoms with Crippen molar-refractivity contribution in [3.63, 3.8) is 0 Å². The minimum absolute atomic E-state index is 0.0487. The second-order valence-electron chi connectivity index (χ2n) is 9.00. The van der Waals surface area contributed by atoms with Crippen molar-refractivity contribution in [2.75, 3.05) is 18.8 Å². The van der Waals surface area contributed by atoms with Crippen molar-refractivity contribution in [2.24, 2.45) is 0 Å². The number of benzene rings is 3. The van der Waals surface area contributed by atoms with Crippen LogP contribution in [0.4, 0.5) is 5.69 Å². The molecule has 0 aliphatic carbocycles. The van der Waals surface area contributed by atoms with Crippen molar-refractivity contribution >= 4 is 55.8 Å². The minimum atomic E-state index is -0.430. The summed E-state index contributed by atoms with van der Waals surface area (Å²) in [6, 6.07) is 18.9. The number of nitrogens with zero attached hydrogens (tertiary/aromatic N) is 2. The normalized spacial score (nSPS) is 20.2. The third kappa shape index (κ3) is 3.09. The molecule has 1 fully saturated rings. The standard InChI is InChI=1S/C27H20BrN3O4S/c1-33-17-6-2-14(3-7-17)25-24-19(18-10-15(28)4-8-20(18)29-24)12-21-26(32)30(27(36)31(21)25)16-5-9-22-23(11-16)35-13-34-22/h2-11,21,25,29H,12-13H2,1H3. The van der Waals surface area contributed by atoms with Crippen LogP contribution in [-0.4, -0.2) is 40.8 Å². The number of fused-ring (bicyclic) bond motifs is 5. The Hall–Kier alpha value is -3.56. The number of hydrogen-bond donors (Lipinski definition) is 1. The zero-order valence-electron chi connectivity index (χ0n) is 19.2. The lowest BCUT2D eigenvalue weighted by Gasteiger charge is -2.37. The molecule has 3 aliphatic rings. The number of H-pyrrole nitrogens is 1. The molecule has 0 spiro atoms. The summed E-state index contributed by atoms with van der Waals surface area (Å²) in [5.41, 5.74) is 4.92. The Balaban J connectivity index is 1.39. The molecule has 1 amide bonds. The molecule has 0 bridgehead atoms. The van der Waals surface area contributed by atoms with Gasteiger partial charge < -0.3 is 24.1 Å². The van der Waals surface area contributed by atoms with E-state index in [0.717, 1.165) is 37.9 Å². The molecule has 7 nitrogen and oxygen atoms in total. The van der Waals surface area contributed by atoms with Crippen LogP contribution in [-0.2, 0) is 11.2 Å². The molecule has 1 aromatic heterocycles. The average Bonchev–Trinajstić information content (AvgIpc) is 3.57. The van der Waals surface area contributed by atoms with Gasteiger partial charge in [-0.05, 0) is 65.8 Å². The first kappa shape index (κ1) is 21.7. The molecule has 4 aromatic rings. The lowest BCUT2D eigenvalue weighted by molar-refractivity contribution is -0.120. The predicted molar refractivity (Wildman–Crippen MR) is 143 cm³/mol. The number of anilines is 1. The maximum Gasteiger partial charge on any atom is 0.256 e. The quantitative estimate of drug-likeness (QED) is 0.342. The van der Waals surface area contributed by atoms with Crippen LogP contribution in [0.5, 0.6) is 17.2 Å². The largest absolute Gasteiger partial charge is 0.497 e. The molecule has 2 atom stereocenters. The van der Waals surface area contributed by atoms with E-state index in [1.807, 2.05) is 48.5 Å². The van der Waals surface area contributed by atoms with Crippen molar-refractivity contribution in [1.82, 2.24) is 9.88 Å². The number of carbonyl (C=O) groups is 1. The van der Waals surface area contributed by atoms with Crippen molar-refractivity contribution < 1.29 is 19.0 Å². The van der Waals surface area contributed by atoms with Crippen molar-refractivity contribution in [3.05, 3.63) is 82.0 Å². The van der Waals surface area contributed by atoms with E-state index in [-0.39, 0.29) is 18.7 Å². The summed E-state index contributed by atoms with van der Waals surface area (Å²) < 4.78 is 17.4. The molecule has 1 N–H and O–H groups in total. The molecular formula is C27H20BrN3O4S. The lowest BCUT2D eigenvalue weighted by Crippen LogP contribution is -2.44. The summed E-state index contributed by atoms with van der Waals surface area (Å²) >= 11 is 9.60. The summed E-state index contributed by atoms with van der Waals surface area (Å²) in [6.07, 6.45) is 0.554. The van der Waals surface area contributed by atoms with E-state index in [0.29, 0.717) is 28.7 Å². The van der Waals surface area contributed by atoms with Gasteiger partial charge in [-0.3, -0.25) is 9.69 Å². The van der Waals surface area contributed by atoms with Crippen molar-refractivity contribution in [2.45, 2.75) is 18.5 Å².